The third-order valence-corrected chi connectivity index (χ3v) is 5.78. The molecule has 0 amide bonds. The smallest absolute Gasteiger partial charge is 0.426 e. The third-order valence-electron chi connectivity index (χ3n) is 5.78. The molecule has 0 unspecified atom stereocenters. The van der Waals surface area contributed by atoms with Crippen molar-refractivity contribution in [1.29, 1.82) is 0 Å². The molecule has 0 atom stereocenters. The summed E-state index contributed by atoms with van der Waals surface area (Å²) < 4.78 is 123. The van der Waals surface area contributed by atoms with Gasteiger partial charge in [0.15, 0.2) is 23.2 Å². The van der Waals surface area contributed by atoms with Gasteiger partial charge in [0.25, 0.3) is 0 Å². The minimum Gasteiger partial charge on any atom is -0.429 e. The standard InChI is InChI=1S/C29H20F8O2/c1-2-3-17-4-8-19(9-5-17)29(36,37)39-25-15-13-22(26(32)27(25)33)18-6-10-20(11-7-18)28(34,35)38-21-12-14-23(30)24(31)16-21/h4-16H,2-3H2,1H3. The topological polar surface area (TPSA) is 18.5 Å². The van der Waals surface area contributed by atoms with Crippen LogP contribution >= 0.6 is 0 Å². The van der Waals surface area contributed by atoms with Crippen LogP contribution in [0, 0.1) is 23.3 Å². The summed E-state index contributed by atoms with van der Waals surface area (Å²) in [7, 11) is 0. The van der Waals surface area contributed by atoms with E-state index in [9.17, 15) is 35.1 Å². The second kappa shape index (κ2) is 11.0. The van der Waals surface area contributed by atoms with Gasteiger partial charge in [-0.25, -0.2) is 13.2 Å². The quantitative estimate of drug-likeness (QED) is 0.193. The second-order valence-electron chi connectivity index (χ2n) is 8.58. The third kappa shape index (κ3) is 6.16. The van der Waals surface area contributed by atoms with E-state index in [0.717, 1.165) is 66.6 Å². The van der Waals surface area contributed by atoms with Crippen molar-refractivity contribution in [3.8, 4) is 22.6 Å². The van der Waals surface area contributed by atoms with E-state index in [-0.39, 0.29) is 5.56 Å². The first-order chi connectivity index (χ1) is 18.4. The van der Waals surface area contributed by atoms with E-state index in [4.69, 9.17) is 0 Å². The number of hydrogen-bond acceptors (Lipinski definition) is 2. The van der Waals surface area contributed by atoms with E-state index >= 15 is 0 Å². The van der Waals surface area contributed by atoms with Crippen molar-refractivity contribution in [1.82, 2.24) is 0 Å². The molecule has 0 N–H and O–H groups in total. The highest BCUT2D eigenvalue weighted by molar-refractivity contribution is 5.65. The number of hydrogen-bond donors (Lipinski definition) is 0. The molecule has 39 heavy (non-hydrogen) atoms. The molecule has 0 saturated carbocycles. The van der Waals surface area contributed by atoms with Crippen LogP contribution in [0.15, 0.2) is 78.9 Å². The van der Waals surface area contributed by atoms with E-state index in [1.807, 2.05) is 6.92 Å². The van der Waals surface area contributed by atoms with Crippen molar-refractivity contribution in [2.75, 3.05) is 0 Å². The molecule has 0 fully saturated rings. The summed E-state index contributed by atoms with van der Waals surface area (Å²) in [6.45, 7) is 1.93. The number of rotatable bonds is 9. The minimum absolute atomic E-state index is 0.0522. The van der Waals surface area contributed by atoms with E-state index in [1.165, 1.54) is 12.1 Å². The van der Waals surface area contributed by atoms with E-state index in [2.05, 4.69) is 9.47 Å². The van der Waals surface area contributed by atoms with Gasteiger partial charge in [-0.15, -0.1) is 0 Å². The van der Waals surface area contributed by atoms with Crippen LogP contribution in [-0.2, 0) is 18.6 Å². The van der Waals surface area contributed by atoms with Crippen molar-refractivity contribution >= 4 is 0 Å². The number of aryl methyl sites for hydroxylation is 1. The molecule has 0 saturated heterocycles. The maximum absolute atomic E-state index is 14.8. The van der Waals surface area contributed by atoms with Gasteiger partial charge in [-0.3, -0.25) is 0 Å². The summed E-state index contributed by atoms with van der Waals surface area (Å²) in [5, 5.41) is 0. The molecular formula is C29H20F8O2. The summed E-state index contributed by atoms with van der Waals surface area (Å²) in [5.74, 6) is -7.52. The number of benzene rings is 4. The van der Waals surface area contributed by atoms with Gasteiger partial charge in [0.2, 0.25) is 5.82 Å². The van der Waals surface area contributed by atoms with Gasteiger partial charge in [0.05, 0.1) is 11.1 Å². The number of alkyl halides is 4. The van der Waals surface area contributed by atoms with Gasteiger partial charge in [0, 0.05) is 11.6 Å². The van der Waals surface area contributed by atoms with E-state index in [1.54, 1.807) is 0 Å². The van der Waals surface area contributed by atoms with Crippen molar-refractivity contribution in [2.24, 2.45) is 0 Å². The van der Waals surface area contributed by atoms with Crippen LogP contribution in [0.1, 0.15) is 30.0 Å². The van der Waals surface area contributed by atoms with Crippen LogP contribution in [0.2, 0.25) is 0 Å². The Balaban J connectivity index is 1.53. The van der Waals surface area contributed by atoms with Gasteiger partial charge in [0.1, 0.15) is 5.75 Å². The monoisotopic (exact) mass is 552 g/mol. The first kappa shape index (κ1) is 27.9. The zero-order chi connectivity index (χ0) is 28.4. The lowest BCUT2D eigenvalue weighted by Gasteiger charge is -2.20. The molecule has 2 nitrogen and oxygen atoms in total. The van der Waals surface area contributed by atoms with Gasteiger partial charge in [-0.2, -0.15) is 22.0 Å². The average Bonchev–Trinajstić information content (AvgIpc) is 2.89. The normalized spacial score (nSPS) is 11.9. The summed E-state index contributed by atoms with van der Waals surface area (Å²) in [5.41, 5.74) is -0.889. The zero-order valence-corrected chi connectivity index (χ0v) is 20.3. The van der Waals surface area contributed by atoms with Gasteiger partial charge < -0.3 is 9.47 Å². The summed E-state index contributed by atoms with van der Waals surface area (Å²) in [4.78, 5) is 0. The average molecular weight is 552 g/mol. The van der Waals surface area contributed by atoms with Crippen molar-refractivity contribution in [2.45, 2.75) is 32.0 Å². The molecule has 0 aromatic heterocycles. The maximum Gasteiger partial charge on any atom is 0.426 e. The van der Waals surface area contributed by atoms with Gasteiger partial charge in [-0.05, 0) is 66.1 Å². The fraction of sp³-hybridized carbons (Fsp3) is 0.172. The molecule has 0 heterocycles. The fourth-order valence-electron chi connectivity index (χ4n) is 3.78. The second-order valence-corrected chi connectivity index (χ2v) is 8.58. The summed E-state index contributed by atoms with van der Waals surface area (Å²) in [6.07, 6.45) is -6.43. The largest absolute Gasteiger partial charge is 0.429 e. The molecule has 204 valence electrons. The van der Waals surface area contributed by atoms with E-state index in [0.29, 0.717) is 18.6 Å². The van der Waals surface area contributed by atoms with Crippen molar-refractivity contribution < 1.29 is 44.6 Å². The minimum atomic E-state index is -3.98. The lowest BCUT2D eigenvalue weighted by Crippen LogP contribution is -2.22. The lowest BCUT2D eigenvalue weighted by molar-refractivity contribution is -0.187. The molecule has 0 aliphatic heterocycles. The zero-order valence-electron chi connectivity index (χ0n) is 20.3. The Morgan fingerprint density at radius 1 is 0.615 bits per heavy atom. The number of ether oxygens (including phenoxy) is 2. The maximum atomic E-state index is 14.8. The first-order valence-corrected chi connectivity index (χ1v) is 11.7. The Kier molecular flexibility index (Phi) is 7.85. The Labute approximate surface area is 218 Å². The van der Waals surface area contributed by atoms with Crippen LogP contribution in [0.3, 0.4) is 0 Å². The highest BCUT2D eigenvalue weighted by Gasteiger charge is 2.37. The SMILES string of the molecule is CCCc1ccc(C(F)(F)Oc2ccc(-c3ccc(C(F)(F)Oc4ccc(F)c(F)c4)cc3)c(F)c2F)cc1. The molecule has 0 bridgehead atoms. The van der Waals surface area contributed by atoms with Crippen LogP contribution in [0.4, 0.5) is 35.1 Å². The molecule has 0 aliphatic rings. The molecule has 4 aromatic rings. The lowest BCUT2D eigenvalue weighted by atomic mass is 10.0. The predicted molar refractivity (Wildman–Crippen MR) is 128 cm³/mol. The molecule has 4 rings (SSSR count). The first-order valence-electron chi connectivity index (χ1n) is 11.7. The molecule has 10 heteroatoms. The fourth-order valence-corrected chi connectivity index (χ4v) is 3.78. The predicted octanol–water partition coefficient (Wildman–Crippen LogP) is 9.12. The Morgan fingerprint density at radius 3 is 1.79 bits per heavy atom. The Bertz CT molecular complexity index is 1450. The molecule has 0 aliphatic carbocycles. The van der Waals surface area contributed by atoms with Crippen LogP contribution in [0.5, 0.6) is 11.5 Å². The molecule has 4 aromatic carbocycles. The van der Waals surface area contributed by atoms with E-state index < -0.39 is 63.7 Å². The van der Waals surface area contributed by atoms with Crippen LogP contribution in [-0.4, -0.2) is 0 Å². The summed E-state index contributed by atoms with van der Waals surface area (Å²) in [6, 6.07) is 12.7. The highest BCUT2D eigenvalue weighted by atomic mass is 19.3. The van der Waals surface area contributed by atoms with Crippen molar-refractivity contribution in [3.63, 3.8) is 0 Å². The number of halogens is 8. The van der Waals surface area contributed by atoms with Gasteiger partial charge >= 0.3 is 12.2 Å². The van der Waals surface area contributed by atoms with Gasteiger partial charge in [-0.1, -0.05) is 37.6 Å². The van der Waals surface area contributed by atoms with Crippen LogP contribution < -0.4 is 9.47 Å². The van der Waals surface area contributed by atoms with Crippen molar-refractivity contribution in [3.05, 3.63) is 119 Å². The Morgan fingerprint density at radius 2 is 1.21 bits per heavy atom. The molecule has 0 radical (unpaired) electrons. The summed E-state index contributed by atoms with van der Waals surface area (Å²) >= 11 is 0. The highest BCUT2D eigenvalue weighted by Crippen LogP contribution is 2.38. The molecular weight excluding hydrogens is 532 g/mol. The molecule has 0 spiro atoms. The Hall–Kier alpha value is -4.08. The van der Waals surface area contributed by atoms with Crippen LogP contribution in [0.25, 0.3) is 11.1 Å².